The Bertz CT molecular complexity index is 616. The van der Waals surface area contributed by atoms with Crippen LogP contribution in [0, 0.1) is 12.3 Å². The summed E-state index contributed by atoms with van der Waals surface area (Å²) in [5.41, 5.74) is 1.16. The van der Waals surface area contributed by atoms with Crippen molar-refractivity contribution < 1.29 is 13.2 Å². The number of hydrogen-bond donors (Lipinski definition) is 1. The molecular formula is C16H23NO3S. The van der Waals surface area contributed by atoms with Gasteiger partial charge in [-0.15, -0.1) is 0 Å². The molecule has 1 fully saturated rings. The molecule has 5 heteroatoms. The van der Waals surface area contributed by atoms with Crippen LogP contribution in [0.5, 0.6) is 0 Å². The molecule has 0 aromatic heterocycles. The molecule has 1 aromatic carbocycles. The summed E-state index contributed by atoms with van der Waals surface area (Å²) in [5.74, 6) is -0.508. The Hall–Kier alpha value is -1.36. The molecule has 0 heterocycles. The zero-order chi connectivity index (χ0) is 15.5. The van der Waals surface area contributed by atoms with Gasteiger partial charge < -0.3 is 0 Å². The molecule has 1 N–H and O–H groups in total. The minimum atomic E-state index is -3.64. The van der Waals surface area contributed by atoms with Gasteiger partial charge >= 0.3 is 0 Å². The first-order valence-electron chi connectivity index (χ1n) is 7.41. The van der Waals surface area contributed by atoms with Gasteiger partial charge in [0.25, 0.3) is 0 Å². The van der Waals surface area contributed by atoms with Crippen molar-refractivity contribution in [2.24, 2.45) is 5.41 Å². The Labute approximate surface area is 127 Å². The van der Waals surface area contributed by atoms with Crippen molar-refractivity contribution in [1.29, 1.82) is 0 Å². The lowest BCUT2D eigenvalue weighted by atomic mass is 9.75. The number of nitrogens with one attached hydrogen (secondary N) is 1. The lowest BCUT2D eigenvalue weighted by molar-refractivity contribution is -0.129. The van der Waals surface area contributed by atoms with E-state index < -0.39 is 15.4 Å². The normalized spacial score (nSPS) is 18.2. The van der Waals surface area contributed by atoms with Gasteiger partial charge in [-0.1, -0.05) is 56.0 Å². The Morgan fingerprint density at radius 3 is 2.52 bits per heavy atom. The highest BCUT2D eigenvalue weighted by Crippen LogP contribution is 2.36. The van der Waals surface area contributed by atoms with Crippen LogP contribution < -0.4 is 4.72 Å². The third-order valence-corrected chi connectivity index (χ3v) is 5.40. The Morgan fingerprint density at radius 1 is 1.24 bits per heavy atom. The van der Waals surface area contributed by atoms with Crippen molar-refractivity contribution >= 4 is 15.9 Å². The van der Waals surface area contributed by atoms with E-state index in [9.17, 15) is 13.2 Å². The minimum Gasteiger partial charge on any atom is -0.273 e. The maximum Gasteiger partial charge on any atom is 0.239 e. The fourth-order valence-electron chi connectivity index (χ4n) is 2.88. The number of carbonyl (C=O) groups excluding carboxylic acids is 1. The van der Waals surface area contributed by atoms with Crippen LogP contribution in [0.25, 0.3) is 0 Å². The van der Waals surface area contributed by atoms with Crippen LogP contribution in [0.1, 0.15) is 50.2 Å². The minimum absolute atomic E-state index is 0.156. The van der Waals surface area contributed by atoms with Gasteiger partial charge in [-0.3, -0.25) is 9.52 Å². The van der Waals surface area contributed by atoms with E-state index >= 15 is 0 Å². The van der Waals surface area contributed by atoms with E-state index in [0.717, 1.165) is 37.7 Å². The first-order valence-corrected chi connectivity index (χ1v) is 9.06. The van der Waals surface area contributed by atoms with Gasteiger partial charge in [-0.2, -0.15) is 0 Å². The number of amides is 1. The predicted octanol–water partition coefficient (Wildman–Crippen LogP) is 2.91. The third-order valence-electron chi connectivity index (χ3n) is 4.19. The second kappa shape index (κ2) is 6.18. The number of sulfonamides is 1. The molecular weight excluding hydrogens is 286 g/mol. The molecule has 21 heavy (non-hydrogen) atoms. The zero-order valence-corrected chi connectivity index (χ0v) is 13.5. The Kier molecular flexibility index (Phi) is 4.71. The monoisotopic (exact) mass is 309 g/mol. The topological polar surface area (TPSA) is 63.2 Å². The molecule has 1 aliphatic rings. The van der Waals surface area contributed by atoms with E-state index in [2.05, 4.69) is 4.72 Å². The smallest absolute Gasteiger partial charge is 0.239 e. The van der Waals surface area contributed by atoms with Gasteiger partial charge in [-0.25, -0.2) is 8.42 Å². The summed E-state index contributed by atoms with van der Waals surface area (Å²) in [4.78, 5) is 12.3. The van der Waals surface area contributed by atoms with Gasteiger partial charge in [0.1, 0.15) is 0 Å². The zero-order valence-electron chi connectivity index (χ0n) is 12.7. The molecule has 4 nitrogen and oxygen atoms in total. The van der Waals surface area contributed by atoms with Crippen molar-refractivity contribution in [2.45, 2.75) is 51.7 Å². The second-order valence-corrected chi connectivity index (χ2v) is 8.02. The standard InChI is InChI=1S/C16H23NO3S/c1-13-7-6-8-14(11-13)12-21(19,20)17-15(18)16(2)9-4-3-5-10-16/h6-8,11H,3-5,9-10,12H2,1-2H3,(H,17,18). The van der Waals surface area contributed by atoms with Crippen LogP contribution in [0.2, 0.25) is 0 Å². The quantitative estimate of drug-likeness (QED) is 0.930. The summed E-state index contributed by atoms with van der Waals surface area (Å²) in [7, 11) is -3.64. The van der Waals surface area contributed by atoms with Crippen LogP contribution in [0.15, 0.2) is 24.3 Å². The summed E-state index contributed by atoms with van der Waals surface area (Å²) >= 11 is 0. The summed E-state index contributed by atoms with van der Waals surface area (Å²) in [5, 5.41) is 0. The van der Waals surface area contributed by atoms with Crippen LogP contribution in [-0.2, 0) is 20.6 Å². The van der Waals surface area contributed by atoms with Crippen LogP contribution in [0.4, 0.5) is 0 Å². The van der Waals surface area contributed by atoms with Gasteiger partial charge in [-0.05, 0) is 25.3 Å². The number of hydrogen-bond acceptors (Lipinski definition) is 3. The molecule has 116 valence electrons. The molecule has 1 saturated carbocycles. The maximum atomic E-state index is 12.3. The highest BCUT2D eigenvalue weighted by Gasteiger charge is 2.36. The van der Waals surface area contributed by atoms with Crippen molar-refractivity contribution in [2.75, 3.05) is 0 Å². The van der Waals surface area contributed by atoms with Crippen molar-refractivity contribution in [3.8, 4) is 0 Å². The van der Waals surface area contributed by atoms with E-state index in [4.69, 9.17) is 0 Å². The van der Waals surface area contributed by atoms with E-state index in [-0.39, 0.29) is 11.7 Å². The van der Waals surface area contributed by atoms with E-state index in [1.165, 1.54) is 0 Å². The summed E-state index contributed by atoms with van der Waals surface area (Å²) in [6.45, 7) is 3.78. The molecule has 0 aliphatic heterocycles. The van der Waals surface area contributed by atoms with E-state index in [1.807, 2.05) is 32.0 Å². The lowest BCUT2D eigenvalue weighted by Gasteiger charge is -2.31. The molecule has 0 spiro atoms. The lowest BCUT2D eigenvalue weighted by Crippen LogP contribution is -2.43. The fraction of sp³-hybridized carbons (Fsp3) is 0.562. The highest BCUT2D eigenvalue weighted by atomic mass is 32.2. The summed E-state index contributed by atoms with van der Waals surface area (Å²) in [6.07, 6.45) is 4.63. The third kappa shape index (κ3) is 4.30. The van der Waals surface area contributed by atoms with Crippen LogP contribution >= 0.6 is 0 Å². The highest BCUT2D eigenvalue weighted by molar-refractivity contribution is 7.89. The molecule has 0 unspecified atom stereocenters. The number of aryl methyl sites for hydroxylation is 1. The number of carbonyl (C=O) groups is 1. The molecule has 1 aromatic rings. The fourth-order valence-corrected chi connectivity index (χ4v) is 4.10. The van der Waals surface area contributed by atoms with Gasteiger partial charge in [0.05, 0.1) is 5.75 Å². The Balaban J connectivity index is 2.05. The summed E-state index contributed by atoms with van der Waals surface area (Å²) < 4.78 is 26.6. The molecule has 0 radical (unpaired) electrons. The largest absolute Gasteiger partial charge is 0.273 e. The first-order chi connectivity index (χ1) is 9.81. The summed E-state index contributed by atoms with van der Waals surface area (Å²) in [6, 6.07) is 7.33. The average molecular weight is 309 g/mol. The molecule has 1 aliphatic carbocycles. The molecule has 2 rings (SSSR count). The van der Waals surface area contributed by atoms with E-state index in [1.54, 1.807) is 6.07 Å². The molecule has 0 bridgehead atoms. The first kappa shape index (κ1) is 16.0. The van der Waals surface area contributed by atoms with Crippen molar-refractivity contribution in [3.63, 3.8) is 0 Å². The van der Waals surface area contributed by atoms with Gasteiger partial charge in [0, 0.05) is 5.41 Å². The van der Waals surface area contributed by atoms with Gasteiger partial charge in [0.15, 0.2) is 0 Å². The maximum absolute atomic E-state index is 12.3. The van der Waals surface area contributed by atoms with Crippen molar-refractivity contribution in [1.82, 2.24) is 4.72 Å². The van der Waals surface area contributed by atoms with Crippen LogP contribution in [0.3, 0.4) is 0 Å². The molecule has 0 saturated heterocycles. The van der Waals surface area contributed by atoms with Crippen LogP contribution in [-0.4, -0.2) is 14.3 Å². The number of rotatable bonds is 4. The second-order valence-electron chi connectivity index (χ2n) is 6.30. The average Bonchev–Trinajstić information content (AvgIpc) is 2.38. The van der Waals surface area contributed by atoms with Gasteiger partial charge in [0.2, 0.25) is 15.9 Å². The molecule has 0 atom stereocenters. The van der Waals surface area contributed by atoms with E-state index in [0.29, 0.717) is 5.56 Å². The molecule has 1 amide bonds. The van der Waals surface area contributed by atoms with Crippen molar-refractivity contribution in [3.05, 3.63) is 35.4 Å². The Morgan fingerprint density at radius 2 is 1.90 bits per heavy atom. The number of benzene rings is 1. The SMILES string of the molecule is Cc1cccc(CS(=O)(=O)NC(=O)C2(C)CCCCC2)c1. The predicted molar refractivity (Wildman–Crippen MR) is 83.1 cm³/mol.